The molecular weight excluding hydrogens is 158 g/mol. The van der Waals surface area contributed by atoms with Crippen LogP contribution in [0.2, 0.25) is 0 Å². The zero-order valence-corrected chi connectivity index (χ0v) is 10.2. The van der Waals surface area contributed by atoms with E-state index in [1.165, 1.54) is 38.9 Å². The summed E-state index contributed by atoms with van der Waals surface area (Å²) in [6.07, 6.45) is 3.97. The van der Waals surface area contributed by atoms with Crippen LogP contribution in [0.15, 0.2) is 0 Å². The van der Waals surface area contributed by atoms with Gasteiger partial charge >= 0.3 is 0 Å². The molecule has 0 saturated heterocycles. The number of hydrogen-bond donors (Lipinski definition) is 0. The van der Waals surface area contributed by atoms with Crippen LogP contribution in [-0.4, -0.2) is 24.5 Å². The van der Waals surface area contributed by atoms with E-state index < -0.39 is 0 Å². The molecule has 0 heterocycles. The van der Waals surface area contributed by atoms with Gasteiger partial charge in [-0.25, -0.2) is 0 Å². The van der Waals surface area contributed by atoms with E-state index in [4.69, 9.17) is 0 Å². The van der Waals surface area contributed by atoms with Gasteiger partial charge in [0.15, 0.2) is 0 Å². The van der Waals surface area contributed by atoms with Crippen molar-refractivity contribution in [1.82, 2.24) is 4.90 Å². The summed E-state index contributed by atoms with van der Waals surface area (Å²) >= 11 is 0. The Kier molecular flexibility index (Phi) is 6.40. The highest BCUT2D eigenvalue weighted by molar-refractivity contribution is 4.63. The summed E-state index contributed by atoms with van der Waals surface area (Å²) in [5.41, 5.74) is 0.506. The lowest BCUT2D eigenvalue weighted by Crippen LogP contribution is -2.26. The summed E-state index contributed by atoms with van der Waals surface area (Å²) in [5.74, 6) is 0. The Labute approximate surface area is 84.5 Å². The molecule has 0 aliphatic heterocycles. The van der Waals surface area contributed by atoms with Gasteiger partial charge in [-0.1, -0.05) is 34.6 Å². The van der Waals surface area contributed by atoms with Crippen molar-refractivity contribution in [2.45, 2.75) is 53.9 Å². The third-order valence-electron chi connectivity index (χ3n) is 2.39. The van der Waals surface area contributed by atoms with Crippen molar-refractivity contribution in [2.24, 2.45) is 5.41 Å². The van der Waals surface area contributed by atoms with Crippen LogP contribution in [0.4, 0.5) is 0 Å². The van der Waals surface area contributed by atoms with Crippen molar-refractivity contribution >= 4 is 0 Å². The van der Waals surface area contributed by atoms with Gasteiger partial charge in [0, 0.05) is 0 Å². The molecule has 1 heteroatoms. The zero-order valence-electron chi connectivity index (χ0n) is 10.2. The lowest BCUT2D eigenvalue weighted by Gasteiger charge is -2.23. The van der Waals surface area contributed by atoms with Gasteiger partial charge in [0.25, 0.3) is 0 Å². The van der Waals surface area contributed by atoms with Crippen LogP contribution in [0.3, 0.4) is 0 Å². The van der Waals surface area contributed by atoms with Crippen LogP contribution >= 0.6 is 0 Å². The maximum absolute atomic E-state index is 2.55. The van der Waals surface area contributed by atoms with Crippen molar-refractivity contribution in [1.29, 1.82) is 0 Å². The Morgan fingerprint density at radius 3 is 2.00 bits per heavy atom. The van der Waals surface area contributed by atoms with Gasteiger partial charge < -0.3 is 4.90 Å². The predicted octanol–water partition coefficient (Wildman–Crippen LogP) is 3.54. The molecule has 0 aromatic heterocycles. The van der Waals surface area contributed by atoms with E-state index in [-0.39, 0.29) is 0 Å². The SMILES string of the molecule is CCCN(CC)CCCC(C)(C)C. The predicted molar refractivity (Wildman–Crippen MR) is 61.1 cm³/mol. The Bertz CT molecular complexity index is 113. The normalized spacial score (nSPS) is 12.5. The first-order chi connectivity index (χ1) is 5.99. The largest absolute Gasteiger partial charge is 0.304 e. The van der Waals surface area contributed by atoms with Gasteiger partial charge in [-0.05, 0) is 44.3 Å². The molecule has 13 heavy (non-hydrogen) atoms. The van der Waals surface area contributed by atoms with E-state index in [2.05, 4.69) is 39.5 Å². The van der Waals surface area contributed by atoms with Crippen molar-refractivity contribution in [3.05, 3.63) is 0 Å². The fourth-order valence-corrected chi connectivity index (χ4v) is 1.58. The van der Waals surface area contributed by atoms with E-state index in [0.29, 0.717) is 5.41 Å². The van der Waals surface area contributed by atoms with E-state index >= 15 is 0 Å². The molecule has 0 aromatic rings. The Hall–Kier alpha value is -0.0400. The Balaban J connectivity index is 3.49. The highest BCUT2D eigenvalue weighted by atomic mass is 15.1. The van der Waals surface area contributed by atoms with Gasteiger partial charge in [-0.3, -0.25) is 0 Å². The average Bonchev–Trinajstić information content (AvgIpc) is 2.01. The van der Waals surface area contributed by atoms with Crippen molar-refractivity contribution < 1.29 is 0 Å². The fourth-order valence-electron chi connectivity index (χ4n) is 1.58. The first-order valence-corrected chi connectivity index (χ1v) is 5.72. The smallest absolute Gasteiger partial charge is 0.00187 e. The maximum Gasteiger partial charge on any atom is -0.00187 e. The molecule has 1 nitrogen and oxygen atoms in total. The van der Waals surface area contributed by atoms with Crippen molar-refractivity contribution in [2.75, 3.05) is 19.6 Å². The second-order valence-electron chi connectivity index (χ2n) is 5.10. The van der Waals surface area contributed by atoms with Gasteiger partial charge in [-0.2, -0.15) is 0 Å². The van der Waals surface area contributed by atoms with Crippen LogP contribution in [0.25, 0.3) is 0 Å². The van der Waals surface area contributed by atoms with Crippen LogP contribution in [0, 0.1) is 5.41 Å². The van der Waals surface area contributed by atoms with E-state index in [1.807, 2.05) is 0 Å². The number of hydrogen-bond acceptors (Lipinski definition) is 1. The van der Waals surface area contributed by atoms with Gasteiger partial charge in [0.1, 0.15) is 0 Å². The summed E-state index contributed by atoms with van der Waals surface area (Å²) in [5, 5.41) is 0. The molecule has 0 saturated carbocycles. The zero-order chi connectivity index (χ0) is 10.3. The first-order valence-electron chi connectivity index (χ1n) is 5.72. The molecule has 0 amide bonds. The quantitative estimate of drug-likeness (QED) is 0.612. The van der Waals surface area contributed by atoms with Crippen LogP contribution in [0.1, 0.15) is 53.9 Å². The summed E-state index contributed by atoms with van der Waals surface area (Å²) in [7, 11) is 0. The highest BCUT2D eigenvalue weighted by Crippen LogP contribution is 2.20. The fraction of sp³-hybridized carbons (Fsp3) is 1.00. The highest BCUT2D eigenvalue weighted by Gasteiger charge is 2.10. The van der Waals surface area contributed by atoms with Crippen molar-refractivity contribution in [3.8, 4) is 0 Å². The summed E-state index contributed by atoms with van der Waals surface area (Å²) in [6.45, 7) is 15.2. The van der Waals surface area contributed by atoms with Gasteiger partial charge in [0.2, 0.25) is 0 Å². The molecule has 0 rings (SSSR count). The molecule has 80 valence electrons. The molecule has 0 aliphatic rings. The molecule has 0 unspecified atom stereocenters. The minimum absolute atomic E-state index is 0.506. The van der Waals surface area contributed by atoms with E-state index in [0.717, 1.165) is 0 Å². The molecular formula is C12H27N. The summed E-state index contributed by atoms with van der Waals surface area (Å²) in [6, 6.07) is 0. The molecule has 0 fully saturated rings. The molecule has 0 bridgehead atoms. The Morgan fingerprint density at radius 1 is 1.00 bits per heavy atom. The van der Waals surface area contributed by atoms with E-state index in [9.17, 15) is 0 Å². The minimum atomic E-state index is 0.506. The van der Waals surface area contributed by atoms with Crippen LogP contribution in [0.5, 0.6) is 0 Å². The lowest BCUT2D eigenvalue weighted by atomic mass is 9.90. The third kappa shape index (κ3) is 8.29. The monoisotopic (exact) mass is 185 g/mol. The molecule has 0 aliphatic carbocycles. The number of rotatable bonds is 6. The van der Waals surface area contributed by atoms with E-state index in [1.54, 1.807) is 0 Å². The number of nitrogens with zero attached hydrogens (tertiary/aromatic N) is 1. The topological polar surface area (TPSA) is 3.24 Å². The molecule has 0 aromatic carbocycles. The molecule has 0 atom stereocenters. The molecule has 0 spiro atoms. The van der Waals surface area contributed by atoms with Gasteiger partial charge in [0.05, 0.1) is 0 Å². The second-order valence-corrected chi connectivity index (χ2v) is 5.10. The van der Waals surface area contributed by atoms with Gasteiger partial charge in [-0.15, -0.1) is 0 Å². The molecule has 0 radical (unpaired) electrons. The molecule has 0 N–H and O–H groups in total. The van der Waals surface area contributed by atoms with Crippen molar-refractivity contribution in [3.63, 3.8) is 0 Å². The summed E-state index contributed by atoms with van der Waals surface area (Å²) in [4.78, 5) is 2.55. The average molecular weight is 185 g/mol. The minimum Gasteiger partial charge on any atom is -0.304 e. The van der Waals surface area contributed by atoms with Crippen LogP contribution < -0.4 is 0 Å². The summed E-state index contributed by atoms with van der Waals surface area (Å²) < 4.78 is 0. The lowest BCUT2D eigenvalue weighted by molar-refractivity contribution is 0.258. The third-order valence-corrected chi connectivity index (χ3v) is 2.39. The maximum atomic E-state index is 2.55. The Morgan fingerprint density at radius 2 is 1.62 bits per heavy atom. The first kappa shape index (κ1) is 13.0. The standard InChI is InChI=1S/C12H27N/c1-6-10-13(7-2)11-8-9-12(3,4)5/h6-11H2,1-5H3. The second kappa shape index (κ2) is 6.42. The van der Waals surface area contributed by atoms with Crippen LogP contribution in [-0.2, 0) is 0 Å².